The Kier molecular flexibility index (Phi) is 9.55. The number of carbonyl (C=O) groups excluding carboxylic acids is 4. The number of rotatable bonds is 8. The third-order valence-electron chi connectivity index (χ3n) is 12.4. The van der Waals surface area contributed by atoms with Crippen molar-refractivity contribution in [3.05, 3.63) is 113 Å². The van der Waals surface area contributed by atoms with E-state index >= 15 is 0 Å². The number of hydrogen-bond donors (Lipinski definition) is 3. The maximum absolute atomic E-state index is 14.7. The molecule has 3 fully saturated rings. The first-order valence-electron chi connectivity index (χ1n) is 19.7. The van der Waals surface area contributed by atoms with Gasteiger partial charge in [-0.1, -0.05) is 24.3 Å². The molecule has 0 spiro atoms. The zero-order valence-electron chi connectivity index (χ0n) is 31.4. The topological polar surface area (TPSA) is 145 Å². The number of nitrogen functional groups attached to an aromatic ring is 1. The number of pyridine rings is 1. The zero-order chi connectivity index (χ0) is 39.4. The molecule has 11 nitrogen and oxygen atoms in total. The number of nitrogens with one attached hydrogen (secondary N) is 2. The highest BCUT2D eigenvalue weighted by Crippen LogP contribution is 2.35. The largest absolute Gasteiger partial charge is 0.396 e. The summed E-state index contributed by atoms with van der Waals surface area (Å²) < 4.78 is 29.2. The summed E-state index contributed by atoms with van der Waals surface area (Å²) in [7, 11) is 0. The highest BCUT2D eigenvalue weighted by molar-refractivity contribution is 6.17. The predicted octanol–water partition coefficient (Wildman–Crippen LogP) is 6.18. The van der Waals surface area contributed by atoms with Crippen LogP contribution in [0.25, 0.3) is 22.2 Å². The second-order valence-corrected chi connectivity index (χ2v) is 15.8. The lowest BCUT2D eigenvalue weighted by atomic mass is 9.87. The van der Waals surface area contributed by atoms with E-state index in [9.17, 15) is 28.0 Å². The van der Waals surface area contributed by atoms with Gasteiger partial charge in [-0.15, -0.1) is 0 Å². The highest BCUT2D eigenvalue weighted by Gasteiger charge is 2.39. The summed E-state index contributed by atoms with van der Waals surface area (Å²) in [6.45, 7) is 5.53. The number of carbonyl (C=O) groups is 4. The normalized spacial score (nSPS) is 19.7. The van der Waals surface area contributed by atoms with E-state index in [0.29, 0.717) is 41.4 Å². The average molecular weight is 772 g/mol. The molecule has 0 bridgehead atoms. The molecular weight excluding hydrogens is 729 g/mol. The van der Waals surface area contributed by atoms with Crippen molar-refractivity contribution in [3.8, 4) is 11.1 Å². The Labute approximate surface area is 328 Å². The van der Waals surface area contributed by atoms with Gasteiger partial charge in [0.1, 0.15) is 17.5 Å². The summed E-state index contributed by atoms with van der Waals surface area (Å²) in [4.78, 5) is 64.5. The highest BCUT2D eigenvalue weighted by atomic mass is 19.1. The smallest absolute Gasteiger partial charge is 0.255 e. The Balaban J connectivity index is 0.772. The number of anilines is 2. The quantitative estimate of drug-likeness (QED) is 0.0965. The molecule has 0 radical (unpaired) electrons. The summed E-state index contributed by atoms with van der Waals surface area (Å²) in [5.41, 5.74) is 10.9. The van der Waals surface area contributed by atoms with Gasteiger partial charge in [0.05, 0.1) is 11.3 Å². The Morgan fingerprint density at radius 1 is 0.877 bits per heavy atom. The van der Waals surface area contributed by atoms with Crippen LogP contribution in [-0.2, 0) is 16.1 Å². The fraction of sp³-hybridized carbons (Fsp3) is 0.341. The van der Waals surface area contributed by atoms with Gasteiger partial charge in [0.2, 0.25) is 17.6 Å². The molecule has 292 valence electrons. The number of nitrogens with zero attached hydrogens (tertiary/aromatic N) is 4. The second-order valence-electron chi connectivity index (χ2n) is 15.8. The van der Waals surface area contributed by atoms with E-state index in [2.05, 4.69) is 49.4 Å². The van der Waals surface area contributed by atoms with Crippen LogP contribution in [0.1, 0.15) is 81.8 Å². The van der Waals surface area contributed by atoms with Crippen LogP contribution in [0.5, 0.6) is 0 Å². The van der Waals surface area contributed by atoms with Gasteiger partial charge in [-0.25, -0.2) is 13.8 Å². The molecule has 3 amide bonds. The number of aromatic nitrogens is 2. The van der Waals surface area contributed by atoms with Crippen molar-refractivity contribution in [1.29, 1.82) is 0 Å². The first-order chi connectivity index (χ1) is 27.6. The van der Waals surface area contributed by atoms with Crippen LogP contribution >= 0.6 is 0 Å². The SMILES string of the molecule is Nc1ccc(F)c(C(=O)c2c[nH]c3ncc(-c4ccc(N5CCC(CN6CCC(c7ccc8c(c7)CN([C@H]7CCC(=O)NC7=O)C8=O)CC6)CC5)cc4)cc23)c1F. The number of H-pyrrole nitrogens is 1. The van der Waals surface area contributed by atoms with Gasteiger partial charge in [-0.2, -0.15) is 0 Å². The Morgan fingerprint density at radius 3 is 2.40 bits per heavy atom. The molecule has 3 aromatic carbocycles. The summed E-state index contributed by atoms with van der Waals surface area (Å²) in [6, 6.07) is 17.7. The lowest BCUT2D eigenvalue weighted by Crippen LogP contribution is -2.52. The van der Waals surface area contributed by atoms with Crippen molar-refractivity contribution in [2.75, 3.05) is 43.4 Å². The lowest BCUT2D eigenvalue weighted by molar-refractivity contribution is -0.136. The lowest BCUT2D eigenvalue weighted by Gasteiger charge is -2.38. The maximum atomic E-state index is 14.7. The summed E-state index contributed by atoms with van der Waals surface area (Å²) in [5, 5.41) is 2.84. The van der Waals surface area contributed by atoms with Crippen molar-refractivity contribution < 1.29 is 28.0 Å². The molecule has 0 unspecified atom stereocenters. The maximum Gasteiger partial charge on any atom is 0.255 e. The van der Waals surface area contributed by atoms with Gasteiger partial charge < -0.3 is 25.4 Å². The van der Waals surface area contributed by atoms with E-state index in [-0.39, 0.29) is 35.4 Å². The van der Waals surface area contributed by atoms with E-state index in [1.54, 1.807) is 11.1 Å². The first kappa shape index (κ1) is 36.7. The van der Waals surface area contributed by atoms with Crippen molar-refractivity contribution >= 4 is 45.9 Å². The third kappa shape index (κ3) is 6.94. The van der Waals surface area contributed by atoms with E-state index in [4.69, 9.17) is 5.73 Å². The summed E-state index contributed by atoms with van der Waals surface area (Å²) >= 11 is 0. The van der Waals surface area contributed by atoms with Crippen LogP contribution in [0.3, 0.4) is 0 Å². The minimum Gasteiger partial charge on any atom is -0.396 e. The van der Waals surface area contributed by atoms with Crippen LogP contribution in [-0.4, -0.2) is 82.0 Å². The number of aromatic amines is 1. The van der Waals surface area contributed by atoms with Gasteiger partial charge in [-0.3, -0.25) is 24.5 Å². The minimum absolute atomic E-state index is 0.117. The van der Waals surface area contributed by atoms with Crippen molar-refractivity contribution in [3.63, 3.8) is 0 Å². The molecule has 0 saturated carbocycles. The summed E-state index contributed by atoms with van der Waals surface area (Å²) in [5.74, 6) is -2.58. The molecule has 4 N–H and O–H groups in total. The van der Waals surface area contributed by atoms with Gasteiger partial charge in [0.15, 0.2) is 5.82 Å². The molecule has 4 aliphatic rings. The Hall–Kier alpha value is -5.95. The molecule has 9 rings (SSSR count). The molecule has 4 aliphatic heterocycles. The fourth-order valence-corrected chi connectivity index (χ4v) is 9.16. The van der Waals surface area contributed by atoms with Gasteiger partial charge in [-0.05, 0) is 110 Å². The monoisotopic (exact) mass is 771 g/mol. The number of imide groups is 1. The van der Waals surface area contributed by atoms with E-state index in [1.807, 2.05) is 24.3 Å². The molecule has 6 heterocycles. The van der Waals surface area contributed by atoms with E-state index < -0.39 is 29.0 Å². The number of amides is 3. The number of benzene rings is 3. The standard InChI is InChI=1S/C44H43F2N7O4/c45-35-7-8-36(47)40(46)39(35)41(55)34-22-49-42-33(34)20-29(21-48-42)26-1-4-31(5-2-26)52-17-11-25(12-18-52)23-51-15-13-27(14-16-51)28-3-6-32-30(19-28)24-53(44(32)57)37-9-10-38(54)50-43(37)56/h1-8,19-22,25,27,37H,9-18,23-24,47H2,(H,48,49)(H,50,54,56)/t37-/m0/s1. The number of hydrogen-bond acceptors (Lipinski definition) is 8. The van der Waals surface area contributed by atoms with Crippen LogP contribution in [0.4, 0.5) is 20.2 Å². The number of piperidine rings is 3. The Morgan fingerprint density at radius 2 is 1.65 bits per heavy atom. The second kappa shape index (κ2) is 14.8. The zero-order valence-corrected chi connectivity index (χ0v) is 31.4. The van der Waals surface area contributed by atoms with Crippen molar-refractivity contribution in [2.24, 2.45) is 5.92 Å². The number of nitrogens with two attached hydrogens (primary N) is 1. The van der Waals surface area contributed by atoms with E-state index in [0.717, 1.165) is 92.9 Å². The van der Waals surface area contributed by atoms with Crippen LogP contribution in [0.15, 0.2) is 73.1 Å². The number of ketones is 1. The minimum atomic E-state index is -1.07. The van der Waals surface area contributed by atoms with Gasteiger partial charge in [0, 0.05) is 72.8 Å². The molecule has 5 aromatic rings. The molecule has 2 aromatic heterocycles. The fourth-order valence-electron chi connectivity index (χ4n) is 9.16. The van der Waals surface area contributed by atoms with E-state index in [1.165, 1.54) is 11.8 Å². The van der Waals surface area contributed by atoms with Crippen LogP contribution in [0, 0.1) is 17.6 Å². The molecule has 1 atom stereocenters. The van der Waals surface area contributed by atoms with Crippen molar-refractivity contribution in [1.82, 2.24) is 25.1 Å². The molecule has 3 saturated heterocycles. The van der Waals surface area contributed by atoms with Gasteiger partial charge >= 0.3 is 0 Å². The average Bonchev–Trinajstić information content (AvgIpc) is 3.80. The molecule has 57 heavy (non-hydrogen) atoms. The van der Waals surface area contributed by atoms with Crippen LogP contribution in [0.2, 0.25) is 0 Å². The Bertz CT molecular complexity index is 2420. The first-order valence-corrected chi connectivity index (χ1v) is 19.7. The van der Waals surface area contributed by atoms with Crippen molar-refractivity contribution in [2.45, 2.75) is 57.0 Å². The number of halogens is 2. The number of likely N-dealkylation sites (tertiary alicyclic amines) is 1. The summed E-state index contributed by atoms with van der Waals surface area (Å²) in [6.07, 6.45) is 8.11. The van der Waals surface area contributed by atoms with Gasteiger partial charge in [0.25, 0.3) is 5.91 Å². The molecule has 0 aliphatic carbocycles. The molecular formula is C44H43F2N7O4. The molecule has 13 heteroatoms. The number of fused-ring (bicyclic) bond motifs is 2. The van der Waals surface area contributed by atoms with Crippen LogP contribution < -0.4 is 16.0 Å². The predicted molar refractivity (Wildman–Crippen MR) is 212 cm³/mol. The third-order valence-corrected chi connectivity index (χ3v) is 12.4.